The summed E-state index contributed by atoms with van der Waals surface area (Å²) in [4.78, 5) is 12.0. The Labute approximate surface area is 131 Å². The Morgan fingerprint density at radius 2 is 2.00 bits per heavy atom. The van der Waals surface area contributed by atoms with E-state index in [2.05, 4.69) is 27.9 Å². The van der Waals surface area contributed by atoms with Crippen molar-refractivity contribution in [2.45, 2.75) is 13.5 Å². The minimum atomic E-state index is -0.110. The van der Waals surface area contributed by atoms with Gasteiger partial charge in [0.05, 0.1) is 5.02 Å². The lowest BCUT2D eigenvalue weighted by molar-refractivity contribution is 0.0951. The van der Waals surface area contributed by atoms with E-state index in [4.69, 9.17) is 11.6 Å². The van der Waals surface area contributed by atoms with E-state index in [1.807, 2.05) is 37.3 Å². The van der Waals surface area contributed by atoms with Gasteiger partial charge in [0.1, 0.15) is 0 Å². The van der Waals surface area contributed by atoms with Crippen LogP contribution in [0.15, 0.2) is 42.5 Å². The van der Waals surface area contributed by atoms with Crippen molar-refractivity contribution in [2.75, 3.05) is 0 Å². The molecule has 0 aromatic heterocycles. The van der Waals surface area contributed by atoms with Crippen LogP contribution in [-0.2, 0) is 6.54 Å². The topological polar surface area (TPSA) is 29.1 Å². The first-order valence-corrected chi connectivity index (χ1v) is 7.31. The number of hydrogen-bond donors (Lipinski definition) is 1. The van der Waals surface area contributed by atoms with Gasteiger partial charge in [0.2, 0.25) is 0 Å². The first-order valence-electron chi connectivity index (χ1n) is 5.85. The molecule has 0 atom stereocenters. The largest absolute Gasteiger partial charge is 0.348 e. The number of benzene rings is 2. The number of nitrogens with one attached hydrogen (secondary N) is 1. The molecule has 0 saturated carbocycles. The number of carbonyl (C=O) groups is 1. The monoisotopic (exact) mass is 385 g/mol. The van der Waals surface area contributed by atoms with Crippen molar-refractivity contribution in [2.24, 2.45) is 0 Å². The quantitative estimate of drug-likeness (QED) is 0.789. The highest BCUT2D eigenvalue weighted by atomic mass is 127. The minimum absolute atomic E-state index is 0.110. The highest BCUT2D eigenvalue weighted by Gasteiger charge is 2.08. The Hall–Kier alpha value is -1.07. The van der Waals surface area contributed by atoms with Gasteiger partial charge >= 0.3 is 0 Å². The third kappa shape index (κ3) is 3.70. The van der Waals surface area contributed by atoms with Crippen molar-refractivity contribution in [3.8, 4) is 0 Å². The molecule has 0 spiro atoms. The summed E-state index contributed by atoms with van der Waals surface area (Å²) in [6, 6.07) is 13.3. The summed E-state index contributed by atoms with van der Waals surface area (Å²) in [5.41, 5.74) is 2.87. The van der Waals surface area contributed by atoms with E-state index >= 15 is 0 Å². The smallest absolute Gasteiger partial charge is 0.251 e. The second-order valence-corrected chi connectivity index (χ2v) is 5.81. The van der Waals surface area contributed by atoms with E-state index in [0.717, 1.165) is 9.13 Å². The SMILES string of the molecule is Cc1ccccc1CNC(=O)c1ccc(I)c(Cl)c1. The highest BCUT2D eigenvalue weighted by Crippen LogP contribution is 2.19. The molecule has 19 heavy (non-hydrogen) atoms. The maximum Gasteiger partial charge on any atom is 0.251 e. The molecule has 0 aliphatic heterocycles. The molecule has 1 amide bonds. The van der Waals surface area contributed by atoms with Crippen LogP contribution in [0.2, 0.25) is 5.02 Å². The summed E-state index contributed by atoms with van der Waals surface area (Å²) in [6.07, 6.45) is 0. The van der Waals surface area contributed by atoms with E-state index in [-0.39, 0.29) is 5.91 Å². The first-order chi connectivity index (χ1) is 9.08. The van der Waals surface area contributed by atoms with Gasteiger partial charge in [-0.25, -0.2) is 0 Å². The number of hydrogen-bond acceptors (Lipinski definition) is 1. The fourth-order valence-electron chi connectivity index (χ4n) is 1.72. The average molecular weight is 386 g/mol. The Morgan fingerprint density at radius 1 is 1.26 bits per heavy atom. The maximum atomic E-state index is 12.0. The lowest BCUT2D eigenvalue weighted by atomic mass is 10.1. The van der Waals surface area contributed by atoms with Gasteiger partial charge in [0.25, 0.3) is 5.91 Å². The van der Waals surface area contributed by atoms with Gasteiger partial charge in [-0.05, 0) is 58.8 Å². The fraction of sp³-hybridized carbons (Fsp3) is 0.133. The van der Waals surface area contributed by atoms with Gasteiger partial charge in [0.15, 0.2) is 0 Å². The molecule has 1 N–H and O–H groups in total. The third-order valence-corrected chi connectivity index (χ3v) is 4.45. The maximum absolute atomic E-state index is 12.0. The van der Waals surface area contributed by atoms with Crippen LogP contribution in [0.5, 0.6) is 0 Å². The summed E-state index contributed by atoms with van der Waals surface area (Å²) in [7, 11) is 0. The van der Waals surface area contributed by atoms with Gasteiger partial charge < -0.3 is 5.32 Å². The van der Waals surface area contributed by atoms with Gasteiger partial charge in [-0.2, -0.15) is 0 Å². The van der Waals surface area contributed by atoms with Gasteiger partial charge in [-0.1, -0.05) is 35.9 Å². The second-order valence-electron chi connectivity index (χ2n) is 4.24. The van der Waals surface area contributed by atoms with Crippen LogP contribution >= 0.6 is 34.2 Å². The lowest BCUT2D eigenvalue weighted by Crippen LogP contribution is -2.23. The Bertz CT molecular complexity index is 613. The van der Waals surface area contributed by atoms with Gasteiger partial charge in [-0.3, -0.25) is 4.79 Å². The molecule has 2 nitrogen and oxygen atoms in total. The van der Waals surface area contributed by atoms with E-state index < -0.39 is 0 Å². The van der Waals surface area contributed by atoms with Crippen LogP contribution in [0.3, 0.4) is 0 Å². The van der Waals surface area contributed by atoms with E-state index in [0.29, 0.717) is 17.1 Å². The molecule has 98 valence electrons. The van der Waals surface area contributed by atoms with E-state index in [1.165, 1.54) is 5.56 Å². The summed E-state index contributed by atoms with van der Waals surface area (Å²) < 4.78 is 0.940. The molecule has 0 unspecified atom stereocenters. The van der Waals surface area contributed by atoms with Crippen LogP contribution in [0.4, 0.5) is 0 Å². The van der Waals surface area contributed by atoms with Crippen molar-refractivity contribution in [1.82, 2.24) is 5.32 Å². The molecule has 2 aromatic rings. The Balaban J connectivity index is 2.05. The first kappa shape index (κ1) is 14.3. The zero-order chi connectivity index (χ0) is 13.8. The number of aryl methyl sites for hydroxylation is 1. The Morgan fingerprint density at radius 3 is 2.68 bits per heavy atom. The van der Waals surface area contributed by atoms with Crippen molar-refractivity contribution in [3.05, 3.63) is 67.7 Å². The minimum Gasteiger partial charge on any atom is -0.348 e. The van der Waals surface area contributed by atoms with Crippen molar-refractivity contribution >= 4 is 40.1 Å². The van der Waals surface area contributed by atoms with Crippen molar-refractivity contribution < 1.29 is 4.79 Å². The summed E-state index contributed by atoms with van der Waals surface area (Å²) in [5, 5.41) is 3.50. The summed E-state index contributed by atoms with van der Waals surface area (Å²) >= 11 is 8.15. The van der Waals surface area contributed by atoms with Gasteiger partial charge in [-0.15, -0.1) is 0 Å². The van der Waals surface area contributed by atoms with E-state index in [9.17, 15) is 4.79 Å². The van der Waals surface area contributed by atoms with Crippen LogP contribution in [-0.4, -0.2) is 5.91 Å². The van der Waals surface area contributed by atoms with Gasteiger partial charge in [0, 0.05) is 15.7 Å². The average Bonchev–Trinajstić information content (AvgIpc) is 2.40. The molecule has 2 aromatic carbocycles. The molecule has 0 aliphatic carbocycles. The lowest BCUT2D eigenvalue weighted by Gasteiger charge is -2.08. The number of rotatable bonds is 3. The molecule has 0 bridgehead atoms. The molecule has 2 rings (SSSR count). The molecular weight excluding hydrogens is 373 g/mol. The normalized spacial score (nSPS) is 10.3. The molecule has 0 fully saturated rings. The van der Waals surface area contributed by atoms with Crippen LogP contribution in [0, 0.1) is 10.5 Å². The van der Waals surface area contributed by atoms with E-state index in [1.54, 1.807) is 12.1 Å². The van der Waals surface area contributed by atoms with Crippen LogP contribution in [0.1, 0.15) is 21.5 Å². The predicted molar refractivity (Wildman–Crippen MR) is 86.5 cm³/mol. The molecule has 0 radical (unpaired) electrons. The van der Waals surface area contributed by atoms with Crippen LogP contribution in [0.25, 0.3) is 0 Å². The predicted octanol–water partition coefficient (Wildman–Crippen LogP) is 4.18. The zero-order valence-electron chi connectivity index (χ0n) is 10.4. The fourth-order valence-corrected chi connectivity index (χ4v) is 2.24. The highest BCUT2D eigenvalue weighted by molar-refractivity contribution is 14.1. The third-order valence-electron chi connectivity index (χ3n) is 2.88. The molecule has 4 heteroatoms. The second kappa shape index (κ2) is 6.39. The number of halogens is 2. The number of amides is 1. The van der Waals surface area contributed by atoms with Crippen LogP contribution < -0.4 is 5.32 Å². The summed E-state index contributed by atoms with van der Waals surface area (Å²) in [6.45, 7) is 2.55. The zero-order valence-corrected chi connectivity index (χ0v) is 13.3. The molecule has 0 saturated heterocycles. The molecule has 0 heterocycles. The standard InChI is InChI=1S/C15H13ClINO/c1-10-4-2-3-5-12(10)9-18-15(19)11-6-7-14(17)13(16)8-11/h2-8H,9H2,1H3,(H,18,19). The molecule has 0 aliphatic rings. The molecular formula is C15H13ClINO. The number of carbonyl (C=O) groups excluding carboxylic acids is 1. The summed E-state index contributed by atoms with van der Waals surface area (Å²) in [5.74, 6) is -0.110. The Kier molecular flexibility index (Phi) is 4.82. The van der Waals surface area contributed by atoms with Crippen molar-refractivity contribution in [3.63, 3.8) is 0 Å². The van der Waals surface area contributed by atoms with Crippen molar-refractivity contribution in [1.29, 1.82) is 0 Å².